The zero-order chi connectivity index (χ0) is 16.1. The summed E-state index contributed by atoms with van der Waals surface area (Å²) in [4.78, 5) is 14.0. The number of nitrogens with one attached hydrogen (secondary N) is 1. The van der Waals surface area contributed by atoms with Gasteiger partial charge in [-0.1, -0.05) is 18.2 Å². The molecule has 0 heterocycles. The molecule has 0 saturated heterocycles. The van der Waals surface area contributed by atoms with Gasteiger partial charge in [0.15, 0.2) is 11.6 Å². The molecule has 1 N–H and O–H groups in total. The number of amides is 1. The van der Waals surface area contributed by atoms with Crippen molar-refractivity contribution in [2.24, 2.45) is 0 Å². The number of carbonyl (C=O) groups excluding carboxylic acids is 1. The molecule has 3 nitrogen and oxygen atoms in total. The summed E-state index contributed by atoms with van der Waals surface area (Å²) in [6.45, 7) is 0.931. The minimum atomic E-state index is -1.14. The van der Waals surface area contributed by atoms with Crippen molar-refractivity contribution in [3.05, 3.63) is 65.2 Å². The highest BCUT2D eigenvalue weighted by Gasteiger charge is 2.15. The van der Waals surface area contributed by atoms with Crippen molar-refractivity contribution in [1.82, 2.24) is 4.90 Å². The molecule has 0 aliphatic carbocycles. The molecular formula is C17H18F2N2O. The maximum Gasteiger partial charge on any atom is 0.258 e. The Kier molecular flexibility index (Phi) is 5.22. The van der Waals surface area contributed by atoms with Crippen molar-refractivity contribution in [2.75, 3.05) is 26.0 Å². The molecule has 1 amide bonds. The van der Waals surface area contributed by atoms with Gasteiger partial charge in [-0.05, 0) is 50.3 Å². The fraction of sp³-hybridized carbons (Fsp3) is 0.235. The third-order valence-corrected chi connectivity index (χ3v) is 3.26. The first kappa shape index (κ1) is 16.1. The maximum atomic E-state index is 13.6. The molecule has 22 heavy (non-hydrogen) atoms. The van der Waals surface area contributed by atoms with Crippen LogP contribution in [0.15, 0.2) is 42.5 Å². The Morgan fingerprint density at radius 3 is 2.41 bits per heavy atom. The number of carbonyl (C=O) groups is 1. The van der Waals surface area contributed by atoms with E-state index in [0.717, 1.165) is 24.6 Å². The number of benzene rings is 2. The van der Waals surface area contributed by atoms with Gasteiger partial charge in [-0.15, -0.1) is 0 Å². The van der Waals surface area contributed by atoms with E-state index in [4.69, 9.17) is 0 Å². The number of halogens is 2. The molecule has 2 rings (SSSR count). The van der Waals surface area contributed by atoms with Crippen LogP contribution in [0.4, 0.5) is 14.5 Å². The summed E-state index contributed by atoms with van der Waals surface area (Å²) in [5.41, 5.74) is 1.38. The molecule has 0 atom stereocenters. The smallest absolute Gasteiger partial charge is 0.258 e. The second-order valence-electron chi connectivity index (χ2n) is 5.31. The van der Waals surface area contributed by atoms with Crippen molar-refractivity contribution < 1.29 is 13.6 Å². The number of rotatable bonds is 5. The van der Waals surface area contributed by atoms with Gasteiger partial charge in [0, 0.05) is 12.2 Å². The molecule has 0 aromatic heterocycles. The van der Waals surface area contributed by atoms with Gasteiger partial charge < -0.3 is 10.2 Å². The van der Waals surface area contributed by atoms with Gasteiger partial charge in [-0.3, -0.25) is 4.79 Å². The van der Waals surface area contributed by atoms with E-state index in [1.165, 1.54) is 12.1 Å². The summed E-state index contributed by atoms with van der Waals surface area (Å²) in [7, 11) is 4.00. The lowest BCUT2D eigenvalue weighted by Crippen LogP contribution is -2.15. The highest BCUT2D eigenvalue weighted by atomic mass is 19.2. The molecule has 0 spiro atoms. The van der Waals surface area contributed by atoms with Gasteiger partial charge in [-0.25, -0.2) is 8.78 Å². The Morgan fingerprint density at radius 2 is 1.77 bits per heavy atom. The van der Waals surface area contributed by atoms with Crippen LogP contribution >= 0.6 is 0 Å². The van der Waals surface area contributed by atoms with Gasteiger partial charge in [-0.2, -0.15) is 0 Å². The summed E-state index contributed by atoms with van der Waals surface area (Å²) in [5, 5.41) is 2.56. The minimum absolute atomic E-state index is 0.309. The van der Waals surface area contributed by atoms with E-state index in [1.54, 1.807) is 12.1 Å². The number of hydrogen-bond acceptors (Lipinski definition) is 2. The van der Waals surface area contributed by atoms with E-state index in [9.17, 15) is 13.6 Å². The van der Waals surface area contributed by atoms with E-state index in [0.29, 0.717) is 5.69 Å². The quantitative estimate of drug-likeness (QED) is 0.919. The third kappa shape index (κ3) is 4.11. The molecule has 2 aromatic rings. The Bertz CT molecular complexity index is 654. The predicted octanol–water partition coefficient (Wildman–Crippen LogP) is 3.32. The highest BCUT2D eigenvalue weighted by molar-refractivity contribution is 6.04. The van der Waals surface area contributed by atoms with Crippen LogP contribution in [0.3, 0.4) is 0 Å². The first-order valence-corrected chi connectivity index (χ1v) is 6.96. The zero-order valence-corrected chi connectivity index (χ0v) is 12.6. The van der Waals surface area contributed by atoms with Crippen LogP contribution in [0.2, 0.25) is 0 Å². The zero-order valence-electron chi connectivity index (χ0n) is 12.6. The van der Waals surface area contributed by atoms with Crippen molar-refractivity contribution >= 4 is 11.6 Å². The number of likely N-dealkylation sites (N-methyl/N-ethyl adjacent to an activating group) is 1. The number of nitrogens with zero attached hydrogens (tertiary/aromatic N) is 1. The minimum Gasteiger partial charge on any atom is -0.322 e. The standard InChI is InChI=1S/C17H18F2N2O/c1-21(2)11-10-12-6-8-13(9-7-12)20-17(22)14-4-3-5-15(18)16(14)19/h3-9H,10-11H2,1-2H3,(H,20,22). The third-order valence-electron chi connectivity index (χ3n) is 3.26. The van der Waals surface area contributed by atoms with E-state index in [1.807, 2.05) is 26.2 Å². The normalized spacial score (nSPS) is 10.8. The molecule has 0 bridgehead atoms. The SMILES string of the molecule is CN(C)CCc1ccc(NC(=O)c2cccc(F)c2F)cc1. The van der Waals surface area contributed by atoms with Crippen LogP contribution in [-0.2, 0) is 6.42 Å². The predicted molar refractivity (Wildman–Crippen MR) is 83.0 cm³/mol. The molecule has 5 heteroatoms. The molecule has 0 unspecified atom stereocenters. The maximum absolute atomic E-state index is 13.6. The Hall–Kier alpha value is -2.27. The fourth-order valence-corrected chi connectivity index (χ4v) is 1.99. The van der Waals surface area contributed by atoms with Gasteiger partial charge in [0.1, 0.15) is 0 Å². The van der Waals surface area contributed by atoms with Crippen LogP contribution in [0, 0.1) is 11.6 Å². The Labute approximate surface area is 128 Å². The lowest BCUT2D eigenvalue weighted by Gasteiger charge is -2.10. The average molecular weight is 304 g/mol. The molecule has 0 saturated carbocycles. The topological polar surface area (TPSA) is 32.3 Å². The fourth-order valence-electron chi connectivity index (χ4n) is 1.99. The average Bonchev–Trinajstić information content (AvgIpc) is 2.49. The van der Waals surface area contributed by atoms with Gasteiger partial charge >= 0.3 is 0 Å². The van der Waals surface area contributed by atoms with E-state index < -0.39 is 17.5 Å². The second-order valence-corrected chi connectivity index (χ2v) is 5.31. The summed E-state index contributed by atoms with van der Waals surface area (Å²) in [6, 6.07) is 10.8. The summed E-state index contributed by atoms with van der Waals surface area (Å²) in [5.74, 6) is -2.84. The van der Waals surface area contributed by atoms with Crippen LogP contribution in [0.25, 0.3) is 0 Å². The van der Waals surface area contributed by atoms with Crippen molar-refractivity contribution in [3.8, 4) is 0 Å². The molecule has 0 aliphatic heterocycles. The van der Waals surface area contributed by atoms with Gasteiger partial charge in [0.05, 0.1) is 5.56 Å². The molecule has 0 radical (unpaired) electrons. The highest BCUT2D eigenvalue weighted by Crippen LogP contribution is 2.15. The van der Waals surface area contributed by atoms with Crippen molar-refractivity contribution in [2.45, 2.75) is 6.42 Å². The van der Waals surface area contributed by atoms with E-state index in [-0.39, 0.29) is 5.56 Å². The van der Waals surface area contributed by atoms with E-state index >= 15 is 0 Å². The monoisotopic (exact) mass is 304 g/mol. The summed E-state index contributed by atoms with van der Waals surface area (Å²) < 4.78 is 26.7. The van der Waals surface area contributed by atoms with Crippen molar-refractivity contribution in [1.29, 1.82) is 0 Å². The van der Waals surface area contributed by atoms with Crippen LogP contribution in [0.5, 0.6) is 0 Å². The lowest BCUT2D eigenvalue weighted by atomic mass is 10.1. The molecule has 116 valence electrons. The number of anilines is 1. The number of hydrogen-bond donors (Lipinski definition) is 1. The van der Waals surface area contributed by atoms with Gasteiger partial charge in [0.25, 0.3) is 5.91 Å². The first-order valence-electron chi connectivity index (χ1n) is 6.96. The second kappa shape index (κ2) is 7.13. The van der Waals surface area contributed by atoms with Crippen molar-refractivity contribution in [3.63, 3.8) is 0 Å². The molecule has 0 aliphatic rings. The van der Waals surface area contributed by atoms with E-state index in [2.05, 4.69) is 10.2 Å². The largest absolute Gasteiger partial charge is 0.322 e. The van der Waals surface area contributed by atoms with Crippen LogP contribution in [0.1, 0.15) is 15.9 Å². The molecule has 0 fully saturated rings. The van der Waals surface area contributed by atoms with Gasteiger partial charge in [0.2, 0.25) is 0 Å². The summed E-state index contributed by atoms with van der Waals surface area (Å²) in [6.07, 6.45) is 0.903. The van der Waals surface area contributed by atoms with Crippen LogP contribution < -0.4 is 5.32 Å². The molecule has 2 aromatic carbocycles. The Morgan fingerprint density at radius 1 is 1.09 bits per heavy atom. The molecular weight excluding hydrogens is 286 g/mol. The summed E-state index contributed by atoms with van der Waals surface area (Å²) >= 11 is 0. The Balaban J connectivity index is 2.04. The lowest BCUT2D eigenvalue weighted by molar-refractivity contribution is 0.102. The first-order chi connectivity index (χ1) is 10.5. The van der Waals surface area contributed by atoms with Crippen LogP contribution in [-0.4, -0.2) is 31.4 Å².